The fraction of sp³-hybridized carbons (Fsp3) is 0.520. The van der Waals surface area contributed by atoms with E-state index in [-0.39, 0.29) is 17.2 Å². The van der Waals surface area contributed by atoms with Gasteiger partial charge in [0.25, 0.3) is 0 Å². The van der Waals surface area contributed by atoms with Gasteiger partial charge in [-0.05, 0) is 38.0 Å². The topological polar surface area (TPSA) is 151 Å². The first-order valence-electron chi connectivity index (χ1n) is 13.2. The monoisotopic (exact) mass is 558 g/mol. The molecule has 3 aromatic heterocycles. The van der Waals surface area contributed by atoms with E-state index in [9.17, 15) is 18.3 Å². The van der Waals surface area contributed by atoms with Crippen LogP contribution in [0.2, 0.25) is 0 Å². The summed E-state index contributed by atoms with van der Waals surface area (Å²) in [6.07, 6.45) is 1.49. The van der Waals surface area contributed by atoms with Crippen molar-refractivity contribution in [3.63, 3.8) is 0 Å². The predicted octanol–water partition coefficient (Wildman–Crippen LogP) is 1.24. The smallest absolute Gasteiger partial charge is 0.337 e. The minimum Gasteiger partial charge on any atom is -0.493 e. The molecule has 2 N–H and O–H groups in total. The van der Waals surface area contributed by atoms with Gasteiger partial charge in [0.15, 0.2) is 11.3 Å². The Labute approximate surface area is 226 Å². The molecule has 0 bridgehead atoms. The number of aromatic nitrogens is 6. The summed E-state index contributed by atoms with van der Waals surface area (Å²) < 4.78 is 37.7. The number of rotatable bonds is 10. The molecule has 0 spiro atoms. The van der Waals surface area contributed by atoms with Crippen LogP contribution in [0.25, 0.3) is 28.2 Å². The van der Waals surface area contributed by atoms with E-state index < -0.39 is 10.0 Å². The lowest BCUT2D eigenvalue weighted by Gasteiger charge is -2.33. The summed E-state index contributed by atoms with van der Waals surface area (Å²) in [6, 6.07) is 4.79. The van der Waals surface area contributed by atoms with Crippen molar-refractivity contribution in [3.05, 3.63) is 34.5 Å². The zero-order valence-electron chi connectivity index (χ0n) is 22.4. The molecule has 13 nitrogen and oxygen atoms in total. The number of aliphatic hydroxyl groups excluding tert-OH is 1. The lowest BCUT2D eigenvalue weighted by Crippen LogP contribution is -2.49. The number of benzene rings is 1. The van der Waals surface area contributed by atoms with Crippen molar-refractivity contribution >= 4 is 26.8 Å². The first-order chi connectivity index (χ1) is 18.8. The van der Waals surface area contributed by atoms with Crippen LogP contribution in [0.15, 0.2) is 27.9 Å². The van der Waals surface area contributed by atoms with Gasteiger partial charge in [0.05, 0.1) is 23.7 Å². The Morgan fingerprint density at radius 2 is 1.82 bits per heavy atom. The van der Waals surface area contributed by atoms with Crippen molar-refractivity contribution in [1.29, 1.82) is 0 Å². The molecule has 4 aromatic rings. The van der Waals surface area contributed by atoms with Gasteiger partial charge in [0.1, 0.15) is 22.9 Å². The highest BCUT2D eigenvalue weighted by Gasteiger charge is 2.30. The number of H-pyrrole nitrogens is 1. The molecule has 4 heterocycles. The van der Waals surface area contributed by atoms with Crippen LogP contribution in [0.4, 0.5) is 0 Å². The third-order valence-electron chi connectivity index (χ3n) is 6.91. The quantitative estimate of drug-likeness (QED) is 0.293. The first-order valence-corrected chi connectivity index (χ1v) is 14.7. The molecular formula is C25H34N8O5S. The van der Waals surface area contributed by atoms with Crippen molar-refractivity contribution in [2.45, 2.75) is 45.1 Å². The maximum Gasteiger partial charge on any atom is 0.337 e. The molecule has 1 saturated heterocycles. The molecule has 0 radical (unpaired) electrons. The number of hydrogen-bond donors (Lipinski definition) is 2. The van der Waals surface area contributed by atoms with Crippen molar-refractivity contribution in [2.24, 2.45) is 0 Å². The summed E-state index contributed by atoms with van der Waals surface area (Å²) in [6.45, 7) is 8.92. The van der Waals surface area contributed by atoms with Crippen LogP contribution in [0.1, 0.15) is 32.5 Å². The minimum atomic E-state index is -3.79. The molecule has 1 fully saturated rings. The molecule has 1 aromatic carbocycles. The number of imidazole rings is 1. The number of piperazine rings is 1. The Balaban J connectivity index is 1.62. The summed E-state index contributed by atoms with van der Waals surface area (Å²) in [4.78, 5) is 23.5. The number of nitrogens with one attached hydrogen (secondary N) is 1. The molecule has 0 atom stereocenters. The lowest BCUT2D eigenvalue weighted by atomic mass is 10.2. The van der Waals surface area contributed by atoms with Crippen molar-refractivity contribution in [2.75, 3.05) is 45.9 Å². The van der Waals surface area contributed by atoms with E-state index in [0.29, 0.717) is 92.1 Å². The van der Waals surface area contributed by atoms with E-state index in [4.69, 9.17) is 9.72 Å². The maximum atomic E-state index is 13.6. The van der Waals surface area contributed by atoms with Crippen molar-refractivity contribution < 1.29 is 18.3 Å². The van der Waals surface area contributed by atoms with Gasteiger partial charge in [0.2, 0.25) is 10.0 Å². The normalized spacial score (nSPS) is 15.5. The van der Waals surface area contributed by atoms with E-state index in [1.165, 1.54) is 8.71 Å². The summed E-state index contributed by atoms with van der Waals surface area (Å²) in [5.41, 5.74) is 1.52. The largest absolute Gasteiger partial charge is 0.493 e. The third kappa shape index (κ3) is 4.93. The zero-order valence-corrected chi connectivity index (χ0v) is 23.2. The Morgan fingerprint density at radius 1 is 1.05 bits per heavy atom. The molecule has 14 heteroatoms. The van der Waals surface area contributed by atoms with Gasteiger partial charge in [-0.3, -0.25) is 9.47 Å². The number of hydrogen-bond acceptors (Lipinski definition) is 9. The van der Waals surface area contributed by atoms with Crippen LogP contribution >= 0.6 is 0 Å². The van der Waals surface area contributed by atoms with Crippen molar-refractivity contribution in [1.82, 2.24) is 38.3 Å². The third-order valence-corrected chi connectivity index (χ3v) is 8.81. The fourth-order valence-electron chi connectivity index (χ4n) is 4.91. The molecule has 0 amide bonds. The van der Waals surface area contributed by atoms with Gasteiger partial charge in [-0.2, -0.15) is 4.31 Å². The van der Waals surface area contributed by atoms with Gasteiger partial charge in [0, 0.05) is 39.3 Å². The van der Waals surface area contributed by atoms with Crippen LogP contribution in [0.3, 0.4) is 0 Å². The van der Waals surface area contributed by atoms with Gasteiger partial charge in [-0.1, -0.05) is 13.8 Å². The molecule has 39 heavy (non-hydrogen) atoms. The van der Waals surface area contributed by atoms with Crippen LogP contribution in [0.5, 0.6) is 5.75 Å². The zero-order chi connectivity index (χ0) is 27.7. The van der Waals surface area contributed by atoms with E-state index >= 15 is 0 Å². The summed E-state index contributed by atoms with van der Waals surface area (Å²) >= 11 is 0. The molecule has 1 aliphatic heterocycles. The second-order valence-electron chi connectivity index (χ2n) is 9.60. The molecule has 0 saturated carbocycles. The number of nitrogens with zero attached hydrogens (tertiary/aromatic N) is 7. The molecule has 0 unspecified atom stereocenters. The molecule has 0 aliphatic carbocycles. The van der Waals surface area contributed by atoms with E-state index in [1.807, 2.05) is 18.7 Å². The van der Waals surface area contributed by atoms with E-state index in [0.717, 1.165) is 6.42 Å². The second-order valence-corrected chi connectivity index (χ2v) is 11.5. The van der Waals surface area contributed by atoms with Gasteiger partial charge >= 0.3 is 5.69 Å². The molecule has 5 rings (SSSR count). The first kappa shape index (κ1) is 27.2. The lowest BCUT2D eigenvalue weighted by molar-refractivity contribution is 0.151. The number of aromatic amines is 1. The van der Waals surface area contributed by atoms with Crippen molar-refractivity contribution in [3.8, 4) is 17.1 Å². The number of aryl methyl sites for hydroxylation is 2. The molecule has 1 aliphatic rings. The summed E-state index contributed by atoms with van der Waals surface area (Å²) in [5, 5.41) is 17.5. The van der Waals surface area contributed by atoms with Crippen LogP contribution in [0, 0.1) is 6.92 Å². The second kappa shape index (κ2) is 11.0. The summed E-state index contributed by atoms with van der Waals surface area (Å²) in [5.74, 6) is 1.33. The standard InChI is InChI=1S/C25H34N8O5S/c1-4-8-32-23-21(24-29-28-17(3)33(24)25(32)35)26-22(27-23)19-16-18(6-7-20(19)38-15-5-2)39(36,37)31-11-9-30(10-12-31)13-14-34/h6-7,16,34H,4-5,8-15H2,1-3H3,(H,26,27). The number of sulfonamides is 1. The SMILES string of the molecule is CCCOc1ccc(S(=O)(=O)N2CCN(CCO)CC2)cc1-c1nc2c([nH]1)c1nnc(C)n1c(=O)n2CCC. The maximum absolute atomic E-state index is 13.6. The van der Waals surface area contributed by atoms with E-state index in [1.54, 1.807) is 29.7 Å². The van der Waals surface area contributed by atoms with Gasteiger partial charge in [-0.25, -0.2) is 22.6 Å². The Morgan fingerprint density at radius 3 is 2.51 bits per heavy atom. The van der Waals surface area contributed by atoms with Crippen LogP contribution < -0.4 is 10.4 Å². The Kier molecular flexibility index (Phi) is 7.71. The van der Waals surface area contributed by atoms with Gasteiger partial charge < -0.3 is 14.8 Å². The van der Waals surface area contributed by atoms with E-state index in [2.05, 4.69) is 15.2 Å². The highest BCUT2D eigenvalue weighted by atomic mass is 32.2. The predicted molar refractivity (Wildman–Crippen MR) is 145 cm³/mol. The Hall–Kier alpha value is -3.33. The highest BCUT2D eigenvalue weighted by molar-refractivity contribution is 7.89. The average molecular weight is 559 g/mol. The summed E-state index contributed by atoms with van der Waals surface area (Å²) in [7, 11) is -3.79. The fourth-order valence-corrected chi connectivity index (χ4v) is 6.36. The van der Waals surface area contributed by atoms with Crippen LogP contribution in [-0.4, -0.2) is 97.8 Å². The minimum absolute atomic E-state index is 0.0413. The molecular weight excluding hydrogens is 524 g/mol. The molecule has 210 valence electrons. The van der Waals surface area contributed by atoms with Crippen LogP contribution in [-0.2, 0) is 16.6 Å². The number of β-amino-alcohol motifs (C(OH)–C–C–N with tert-alkyl or cyclic N) is 1. The average Bonchev–Trinajstić information content (AvgIpc) is 3.54. The number of ether oxygens (including phenoxy) is 1. The Bertz CT molecular complexity index is 1650. The highest BCUT2D eigenvalue weighted by Crippen LogP contribution is 2.34. The number of fused-ring (bicyclic) bond motifs is 3. The van der Waals surface area contributed by atoms with Gasteiger partial charge in [-0.15, -0.1) is 10.2 Å². The number of aliphatic hydroxyl groups is 1.